The number of amides is 1. The lowest BCUT2D eigenvalue weighted by Crippen LogP contribution is -2.38. The van der Waals surface area contributed by atoms with Gasteiger partial charge in [-0.1, -0.05) is 24.3 Å². The number of benzene rings is 2. The molecule has 150 valence electrons. The zero-order valence-electron chi connectivity index (χ0n) is 16.5. The van der Waals surface area contributed by atoms with Crippen molar-refractivity contribution in [2.45, 2.75) is 31.7 Å². The highest BCUT2D eigenvalue weighted by atomic mass is 16.5. The highest BCUT2D eigenvalue weighted by Crippen LogP contribution is 2.33. The van der Waals surface area contributed by atoms with Crippen LogP contribution in [0.5, 0.6) is 11.5 Å². The largest absolute Gasteiger partial charge is 0.508 e. The predicted molar refractivity (Wildman–Crippen MR) is 110 cm³/mol. The molecule has 0 aliphatic carbocycles. The number of nitrogens with zero attached hydrogens (tertiary/aromatic N) is 2. The number of methoxy groups -OCH3 is 1. The number of fused-ring (bicyclic) bond motifs is 1. The van der Waals surface area contributed by atoms with Gasteiger partial charge in [-0.15, -0.1) is 0 Å². The van der Waals surface area contributed by atoms with Crippen molar-refractivity contribution < 1.29 is 14.6 Å². The Morgan fingerprint density at radius 1 is 1.28 bits per heavy atom. The van der Waals surface area contributed by atoms with Crippen LogP contribution >= 0.6 is 0 Å². The summed E-state index contributed by atoms with van der Waals surface area (Å²) in [7, 11) is 1.65. The SMILES string of the molecule is COc1ccc(CCCC(=O)N2Cc3[nH]cnc3C(c3cccc(O)c3)C2)cc1. The number of hydrogen-bond donors (Lipinski definition) is 2. The van der Waals surface area contributed by atoms with Crippen LogP contribution in [-0.4, -0.2) is 39.5 Å². The van der Waals surface area contributed by atoms with Gasteiger partial charge in [-0.25, -0.2) is 4.98 Å². The fourth-order valence-corrected chi connectivity index (χ4v) is 3.91. The van der Waals surface area contributed by atoms with Gasteiger partial charge in [-0.2, -0.15) is 0 Å². The van der Waals surface area contributed by atoms with Crippen molar-refractivity contribution >= 4 is 5.91 Å². The molecule has 1 amide bonds. The van der Waals surface area contributed by atoms with E-state index in [9.17, 15) is 9.90 Å². The minimum absolute atomic E-state index is 0.0392. The fourth-order valence-electron chi connectivity index (χ4n) is 3.91. The van der Waals surface area contributed by atoms with Crippen LogP contribution in [0.1, 0.15) is 41.3 Å². The number of phenolic OH excluding ortho intramolecular Hbond substituents is 1. The summed E-state index contributed by atoms with van der Waals surface area (Å²) in [5.74, 6) is 1.17. The van der Waals surface area contributed by atoms with E-state index in [-0.39, 0.29) is 17.6 Å². The molecule has 0 spiro atoms. The Hall–Kier alpha value is -3.28. The van der Waals surface area contributed by atoms with E-state index in [1.54, 1.807) is 25.6 Å². The maximum atomic E-state index is 12.9. The van der Waals surface area contributed by atoms with Gasteiger partial charge >= 0.3 is 0 Å². The molecule has 2 heterocycles. The minimum atomic E-state index is -0.0392. The van der Waals surface area contributed by atoms with Crippen molar-refractivity contribution in [3.8, 4) is 11.5 Å². The van der Waals surface area contributed by atoms with Crippen LogP contribution in [0.25, 0.3) is 0 Å². The summed E-state index contributed by atoms with van der Waals surface area (Å²) in [6.45, 7) is 1.12. The molecule has 0 radical (unpaired) electrons. The number of hydrogen-bond acceptors (Lipinski definition) is 4. The van der Waals surface area contributed by atoms with E-state index in [0.29, 0.717) is 19.5 Å². The number of ether oxygens (including phenoxy) is 1. The van der Waals surface area contributed by atoms with Crippen molar-refractivity contribution in [3.05, 3.63) is 77.4 Å². The first-order chi connectivity index (χ1) is 14.1. The van der Waals surface area contributed by atoms with Crippen LogP contribution in [0, 0.1) is 0 Å². The second kappa shape index (κ2) is 8.39. The Bertz CT molecular complexity index is 981. The van der Waals surface area contributed by atoms with E-state index in [1.165, 1.54) is 5.56 Å². The van der Waals surface area contributed by atoms with Crippen LogP contribution < -0.4 is 4.74 Å². The number of aromatic amines is 1. The Kier molecular flexibility index (Phi) is 5.51. The number of aryl methyl sites for hydroxylation is 1. The summed E-state index contributed by atoms with van der Waals surface area (Å²) in [5, 5.41) is 9.86. The van der Waals surface area contributed by atoms with Crippen LogP contribution in [0.4, 0.5) is 0 Å². The van der Waals surface area contributed by atoms with Gasteiger partial charge in [-0.3, -0.25) is 4.79 Å². The van der Waals surface area contributed by atoms with Gasteiger partial charge in [0.2, 0.25) is 5.91 Å². The number of phenols is 1. The highest BCUT2D eigenvalue weighted by Gasteiger charge is 2.31. The number of H-pyrrole nitrogens is 1. The smallest absolute Gasteiger partial charge is 0.222 e. The number of rotatable bonds is 6. The zero-order valence-corrected chi connectivity index (χ0v) is 16.5. The number of carbonyl (C=O) groups excluding carboxylic acids is 1. The second-order valence-corrected chi connectivity index (χ2v) is 7.39. The molecular formula is C23H25N3O3. The topological polar surface area (TPSA) is 78.5 Å². The normalized spacial score (nSPS) is 15.8. The van der Waals surface area contributed by atoms with Gasteiger partial charge in [0.25, 0.3) is 0 Å². The monoisotopic (exact) mass is 391 g/mol. The molecule has 1 aliphatic rings. The summed E-state index contributed by atoms with van der Waals surface area (Å²) >= 11 is 0. The van der Waals surface area contributed by atoms with Crippen molar-refractivity contribution in [1.29, 1.82) is 0 Å². The molecule has 4 rings (SSSR count). The average molecular weight is 391 g/mol. The number of aromatic nitrogens is 2. The van der Waals surface area contributed by atoms with Gasteiger partial charge < -0.3 is 19.7 Å². The standard InChI is InChI=1S/C23H25N3O3/c1-29-19-10-8-16(9-11-19)4-2-7-22(28)26-13-20(17-5-3-6-18(27)12-17)23-21(14-26)24-15-25-23/h3,5-6,8-12,15,20,27H,2,4,7,13-14H2,1H3,(H,24,25). The average Bonchev–Trinajstić information content (AvgIpc) is 3.22. The molecule has 3 aromatic rings. The highest BCUT2D eigenvalue weighted by molar-refractivity contribution is 5.76. The third-order valence-electron chi connectivity index (χ3n) is 5.47. The van der Waals surface area contributed by atoms with Crippen molar-refractivity contribution in [1.82, 2.24) is 14.9 Å². The van der Waals surface area contributed by atoms with Gasteiger partial charge in [0.05, 0.1) is 31.4 Å². The first-order valence-corrected chi connectivity index (χ1v) is 9.86. The van der Waals surface area contributed by atoms with Crippen molar-refractivity contribution in [2.75, 3.05) is 13.7 Å². The molecule has 2 aromatic carbocycles. The van der Waals surface area contributed by atoms with Gasteiger partial charge in [0.1, 0.15) is 11.5 Å². The summed E-state index contributed by atoms with van der Waals surface area (Å²) in [6.07, 6.45) is 3.84. The van der Waals surface area contributed by atoms with Gasteiger partial charge in [0, 0.05) is 18.9 Å². The summed E-state index contributed by atoms with van der Waals surface area (Å²) in [5.41, 5.74) is 4.09. The predicted octanol–water partition coefficient (Wildman–Crippen LogP) is 3.62. The molecule has 29 heavy (non-hydrogen) atoms. The van der Waals surface area contributed by atoms with Crippen LogP contribution in [0.15, 0.2) is 54.9 Å². The zero-order chi connectivity index (χ0) is 20.2. The Labute approximate surface area is 170 Å². The third-order valence-corrected chi connectivity index (χ3v) is 5.47. The summed E-state index contributed by atoms with van der Waals surface area (Å²) in [4.78, 5) is 22.4. The molecular weight excluding hydrogens is 366 g/mol. The Morgan fingerprint density at radius 3 is 2.86 bits per heavy atom. The summed E-state index contributed by atoms with van der Waals surface area (Å²) in [6, 6.07) is 15.2. The molecule has 0 bridgehead atoms. The van der Waals surface area contributed by atoms with E-state index in [0.717, 1.165) is 35.5 Å². The quantitative estimate of drug-likeness (QED) is 0.673. The third kappa shape index (κ3) is 4.26. The van der Waals surface area contributed by atoms with Crippen molar-refractivity contribution in [3.63, 3.8) is 0 Å². The lowest BCUT2D eigenvalue weighted by molar-refractivity contribution is -0.132. The van der Waals surface area contributed by atoms with Gasteiger partial charge in [-0.05, 0) is 48.2 Å². The van der Waals surface area contributed by atoms with E-state index in [2.05, 4.69) is 9.97 Å². The number of aromatic hydroxyl groups is 1. The van der Waals surface area contributed by atoms with Crippen LogP contribution in [0.2, 0.25) is 0 Å². The van der Waals surface area contributed by atoms with E-state index < -0.39 is 0 Å². The molecule has 1 atom stereocenters. The molecule has 6 nitrogen and oxygen atoms in total. The lowest BCUT2D eigenvalue weighted by atomic mass is 9.90. The molecule has 1 aromatic heterocycles. The fraction of sp³-hybridized carbons (Fsp3) is 0.304. The molecule has 0 fully saturated rings. The van der Waals surface area contributed by atoms with Gasteiger partial charge in [0.15, 0.2) is 0 Å². The summed E-state index contributed by atoms with van der Waals surface area (Å²) < 4.78 is 5.18. The maximum absolute atomic E-state index is 12.9. The number of imidazole rings is 1. The molecule has 0 saturated carbocycles. The van der Waals surface area contributed by atoms with E-state index in [4.69, 9.17) is 4.74 Å². The number of carbonyl (C=O) groups is 1. The Morgan fingerprint density at radius 2 is 2.10 bits per heavy atom. The van der Waals surface area contributed by atoms with Crippen LogP contribution in [-0.2, 0) is 17.8 Å². The van der Waals surface area contributed by atoms with E-state index in [1.807, 2.05) is 41.3 Å². The maximum Gasteiger partial charge on any atom is 0.222 e. The van der Waals surface area contributed by atoms with Crippen LogP contribution in [0.3, 0.4) is 0 Å². The second-order valence-electron chi connectivity index (χ2n) is 7.39. The first kappa shape index (κ1) is 19.1. The number of nitrogens with one attached hydrogen (secondary N) is 1. The van der Waals surface area contributed by atoms with E-state index >= 15 is 0 Å². The first-order valence-electron chi connectivity index (χ1n) is 9.86. The Balaban J connectivity index is 1.41. The molecule has 6 heteroatoms. The molecule has 1 unspecified atom stereocenters. The lowest BCUT2D eigenvalue weighted by Gasteiger charge is -2.32. The molecule has 1 aliphatic heterocycles. The molecule has 0 saturated heterocycles. The molecule has 2 N–H and O–H groups in total. The van der Waals surface area contributed by atoms with Crippen molar-refractivity contribution in [2.24, 2.45) is 0 Å². The minimum Gasteiger partial charge on any atom is -0.508 e.